The SMILES string of the molecule is CC(C)NC(=O)CCn1ncc2ccccc21. The highest BCUT2D eigenvalue weighted by Gasteiger charge is 2.06. The largest absolute Gasteiger partial charge is 0.354 e. The molecule has 0 saturated heterocycles. The van der Waals surface area contributed by atoms with E-state index in [1.165, 1.54) is 0 Å². The van der Waals surface area contributed by atoms with Crippen molar-refractivity contribution in [3.63, 3.8) is 0 Å². The molecule has 0 bridgehead atoms. The number of amides is 1. The van der Waals surface area contributed by atoms with E-state index in [2.05, 4.69) is 10.4 Å². The van der Waals surface area contributed by atoms with Gasteiger partial charge in [-0.1, -0.05) is 18.2 Å². The first-order chi connectivity index (χ1) is 8.16. The molecular weight excluding hydrogens is 214 g/mol. The molecular formula is C13H17N3O. The van der Waals surface area contributed by atoms with Crippen LogP contribution in [0, 0.1) is 0 Å². The average Bonchev–Trinajstić information content (AvgIpc) is 2.69. The molecule has 1 aromatic carbocycles. The third-order valence-electron chi connectivity index (χ3n) is 2.55. The van der Waals surface area contributed by atoms with Crippen LogP contribution in [0.25, 0.3) is 10.9 Å². The summed E-state index contributed by atoms with van der Waals surface area (Å²) in [6, 6.07) is 8.20. The second-order valence-electron chi connectivity index (χ2n) is 4.40. The minimum Gasteiger partial charge on any atom is -0.354 e. The zero-order valence-corrected chi connectivity index (χ0v) is 10.2. The molecule has 1 aromatic heterocycles. The second kappa shape index (κ2) is 4.99. The topological polar surface area (TPSA) is 46.9 Å². The highest BCUT2D eigenvalue weighted by Crippen LogP contribution is 2.12. The van der Waals surface area contributed by atoms with Gasteiger partial charge in [-0.05, 0) is 19.9 Å². The molecule has 0 fully saturated rings. The molecule has 0 unspecified atom stereocenters. The van der Waals surface area contributed by atoms with Gasteiger partial charge in [0, 0.05) is 17.8 Å². The van der Waals surface area contributed by atoms with Gasteiger partial charge in [-0.15, -0.1) is 0 Å². The maximum absolute atomic E-state index is 11.5. The van der Waals surface area contributed by atoms with Crippen molar-refractivity contribution in [3.8, 4) is 0 Å². The van der Waals surface area contributed by atoms with Crippen LogP contribution in [-0.4, -0.2) is 21.7 Å². The summed E-state index contributed by atoms with van der Waals surface area (Å²) in [4.78, 5) is 11.5. The molecule has 4 nitrogen and oxygen atoms in total. The van der Waals surface area contributed by atoms with Crippen molar-refractivity contribution in [2.75, 3.05) is 0 Å². The van der Waals surface area contributed by atoms with Crippen LogP contribution < -0.4 is 5.32 Å². The summed E-state index contributed by atoms with van der Waals surface area (Å²) in [5, 5.41) is 8.26. The molecule has 1 amide bonds. The molecule has 1 N–H and O–H groups in total. The Hall–Kier alpha value is -1.84. The number of rotatable bonds is 4. The Morgan fingerprint density at radius 3 is 2.94 bits per heavy atom. The van der Waals surface area contributed by atoms with Gasteiger partial charge in [-0.25, -0.2) is 0 Å². The Kier molecular flexibility index (Phi) is 3.42. The fourth-order valence-electron chi connectivity index (χ4n) is 1.81. The van der Waals surface area contributed by atoms with Crippen LogP contribution in [0.4, 0.5) is 0 Å². The molecule has 2 rings (SSSR count). The molecule has 90 valence electrons. The molecule has 0 saturated carbocycles. The number of nitrogens with one attached hydrogen (secondary N) is 1. The predicted molar refractivity (Wildman–Crippen MR) is 67.6 cm³/mol. The number of carbonyl (C=O) groups is 1. The van der Waals surface area contributed by atoms with Crippen molar-refractivity contribution >= 4 is 16.8 Å². The fourth-order valence-corrected chi connectivity index (χ4v) is 1.81. The first-order valence-electron chi connectivity index (χ1n) is 5.87. The van der Waals surface area contributed by atoms with E-state index in [1.807, 2.05) is 49.0 Å². The maximum atomic E-state index is 11.5. The van der Waals surface area contributed by atoms with Crippen LogP contribution in [0.5, 0.6) is 0 Å². The monoisotopic (exact) mass is 231 g/mol. The summed E-state index contributed by atoms with van der Waals surface area (Å²) >= 11 is 0. The second-order valence-corrected chi connectivity index (χ2v) is 4.40. The number of carbonyl (C=O) groups excluding carboxylic acids is 1. The summed E-state index contributed by atoms with van der Waals surface area (Å²) in [5.74, 6) is 0.0691. The number of nitrogens with zero attached hydrogens (tertiary/aromatic N) is 2. The number of para-hydroxylation sites is 1. The van der Waals surface area contributed by atoms with Crippen LogP contribution in [-0.2, 0) is 11.3 Å². The van der Waals surface area contributed by atoms with E-state index in [9.17, 15) is 4.79 Å². The van der Waals surface area contributed by atoms with Crippen molar-refractivity contribution in [3.05, 3.63) is 30.5 Å². The van der Waals surface area contributed by atoms with Crippen molar-refractivity contribution < 1.29 is 4.79 Å². The highest BCUT2D eigenvalue weighted by molar-refractivity contribution is 5.79. The van der Waals surface area contributed by atoms with Gasteiger partial charge in [0.05, 0.1) is 18.3 Å². The van der Waals surface area contributed by atoms with Gasteiger partial charge in [-0.3, -0.25) is 9.48 Å². The molecule has 1 heterocycles. The average molecular weight is 231 g/mol. The molecule has 0 radical (unpaired) electrons. The van der Waals surface area contributed by atoms with Gasteiger partial charge in [-0.2, -0.15) is 5.10 Å². The number of aryl methyl sites for hydroxylation is 1. The van der Waals surface area contributed by atoms with Crippen LogP contribution >= 0.6 is 0 Å². The van der Waals surface area contributed by atoms with E-state index in [4.69, 9.17) is 0 Å². The van der Waals surface area contributed by atoms with Crippen LogP contribution in [0.3, 0.4) is 0 Å². The quantitative estimate of drug-likeness (QED) is 0.874. The van der Waals surface area contributed by atoms with Gasteiger partial charge in [0.1, 0.15) is 0 Å². The van der Waals surface area contributed by atoms with Crippen molar-refractivity contribution in [1.29, 1.82) is 0 Å². The van der Waals surface area contributed by atoms with Crippen LogP contribution in [0.1, 0.15) is 20.3 Å². The van der Waals surface area contributed by atoms with E-state index in [0.29, 0.717) is 13.0 Å². The molecule has 0 aliphatic rings. The Labute approximate surface area is 101 Å². The van der Waals surface area contributed by atoms with Crippen molar-refractivity contribution in [2.24, 2.45) is 0 Å². The van der Waals surface area contributed by atoms with E-state index in [-0.39, 0.29) is 11.9 Å². The summed E-state index contributed by atoms with van der Waals surface area (Å²) in [7, 11) is 0. The highest BCUT2D eigenvalue weighted by atomic mass is 16.1. The predicted octanol–water partition coefficient (Wildman–Crippen LogP) is 1.95. The normalized spacial score (nSPS) is 11.0. The first kappa shape index (κ1) is 11.6. The smallest absolute Gasteiger partial charge is 0.222 e. The molecule has 17 heavy (non-hydrogen) atoms. The minimum atomic E-state index is 0.0691. The summed E-state index contributed by atoms with van der Waals surface area (Å²) in [6.07, 6.45) is 2.29. The summed E-state index contributed by atoms with van der Waals surface area (Å²) in [6.45, 7) is 4.54. The van der Waals surface area contributed by atoms with Gasteiger partial charge in [0.25, 0.3) is 0 Å². The first-order valence-corrected chi connectivity index (χ1v) is 5.87. The number of hydrogen-bond acceptors (Lipinski definition) is 2. The number of benzene rings is 1. The molecule has 0 atom stereocenters. The summed E-state index contributed by atoms with van der Waals surface area (Å²) in [5.41, 5.74) is 1.07. The Morgan fingerprint density at radius 2 is 2.18 bits per heavy atom. The molecule has 2 aromatic rings. The number of aromatic nitrogens is 2. The molecule has 0 spiro atoms. The van der Waals surface area contributed by atoms with Gasteiger partial charge in [0.2, 0.25) is 5.91 Å². The van der Waals surface area contributed by atoms with E-state index in [1.54, 1.807) is 0 Å². The van der Waals surface area contributed by atoms with Crippen LogP contribution in [0.2, 0.25) is 0 Å². The third kappa shape index (κ3) is 2.84. The van der Waals surface area contributed by atoms with Gasteiger partial charge < -0.3 is 5.32 Å². The third-order valence-corrected chi connectivity index (χ3v) is 2.55. The fraction of sp³-hybridized carbons (Fsp3) is 0.385. The van der Waals surface area contributed by atoms with E-state index in [0.717, 1.165) is 10.9 Å². The molecule has 0 aliphatic carbocycles. The Morgan fingerprint density at radius 1 is 1.41 bits per heavy atom. The molecule has 4 heteroatoms. The zero-order chi connectivity index (χ0) is 12.3. The number of fused-ring (bicyclic) bond motifs is 1. The zero-order valence-electron chi connectivity index (χ0n) is 10.2. The summed E-state index contributed by atoms with van der Waals surface area (Å²) < 4.78 is 1.87. The maximum Gasteiger partial charge on any atom is 0.222 e. The van der Waals surface area contributed by atoms with Gasteiger partial charge in [0.15, 0.2) is 0 Å². The molecule has 0 aliphatic heterocycles. The Bertz CT molecular complexity index is 516. The lowest BCUT2D eigenvalue weighted by atomic mass is 10.2. The van der Waals surface area contributed by atoms with E-state index < -0.39 is 0 Å². The lowest BCUT2D eigenvalue weighted by Gasteiger charge is -2.08. The minimum absolute atomic E-state index is 0.0691. The van der Waals surface area contributed by atoms with Crippen molar-refractivity contribution in [2.45, 2.75) is 32.9 Å². The van der Waals surface area contributed by atoms with Gasteiger partial charge >= 0.3 is 0 Å². The lowest BCUT2D eigenvalue weighted by Crippen LogP contribution is -2.30. The van der Waals surface area contributed by atoms with Crippen molar-refractivity contribution in [1.82, 2.24) is 15.1 Å². The van der Waals surface area contributed by atoms with Crippen LogP contribution in [0.15, 0.2) is 30.5 Å². The number of hydrogen-bond donors (Lipinski definition) is 1. The lowest BCUT2D eigenvalue weighted by molar-refractivity contribution is -0.121. The van der Waals surface area contributed by atoms with E-state index >= 15 is 0 Å². The Balaban J connectivity index is 2.02. The standard InChI is InChI=1S/C13H17N3O/c1-10(2)15-13(17)7-8-16-12-6-4-3-5-11(12)9-14-16/h3-6,9-10H,7-8H2,1-2H3,(H,15,17).